The summed E-state index contributed by atoms with van der Waals surface area (Å²) < 4.78 is 27.8. The summed E-state index contributed by atoms with van der Waals surface area (Å²) in [4.78, 5) is 29.1. The van der Waals surface area contributed by atoms with Crippen molar-refractivity contribution in [2.45, 2.75) is 32.4 Å². The number of nitrogens with zero attached hydrogens (tertiary/aromatic N) is 2. The molecule has 1 aliphatic heterocycles. The van der Waals surface area contributed by atoms with Gasteiger partial charge in [0.25, 0.3) is 5.91 Å². The lowest BCUT2D eigenvalue weighted by molar-refractivity contribution is -0.117. The first-order valence-corrected chi connectivity index (χ1v) is 10.7. The maximum absolute atomic E-state index is 13.9. The number of fused-ring (bicyclic) bond motifs is 1. The van der Waals surface area contributed by atoms with Crippen LogP contribution in [0, 0.1) is 11.6 Å². The fraction of sp³-hybridized carbons (Fsp3) is 0.200. The van der Waals surface area contributed by atoms with E-state index in [1.807, 2.05) is 19.1 Å². The van der Waals surface area contributed by atoms with Gasteiger partial charge >= 0.3 is 0 Å². The zero-order valence-electron chi connectivity index (χ0n) is 17.9. The molecule has 0 fully saturated rings. The number of phenolic OH excluding ortho intramolecular Hbond substituents is 1. The van der Waals surface area contributed by atoms with Crippen LogP contribution < -0.4 is 9.80 Å². The van der Waals surface area contributed by atoms with Crippen molar-refractivity contribution >= 4 is 34.8 Å². The van der Waals surface area contributed by atoms with E-state index in [1.165, 1.54) is 11.8 Å². The number of para-hydroxylation sites is 1. The van der Waals surface area contributed by atoms with Crippen LogP contribution in [0.2, 0.25) is 5.02 Å². The van der Waals surface area contributed by atoms with Crippen LogP contribution in [0.15, 0.2) is 60.7 Å². The maximum atomic E-state index is 13.9. The Kier molecular flexibility index (Phi) is 6.08. The van der Waals surface area contributed by atoms with E-state index in [0.717, 1.165) is 17.7 Å². The second-order valence-corrected chi connectivity index (χ2v) is 8.42. The lowest BCUT2D eigenvalue weighted by Gasteiger charge is -2.43. The molecule has 4 rings (SSSR count). The molecule has 0 radical (unpaired) electrons. The number of phenols is 1. The molecule has 0 aromatic heterocycles. The van der Waals surface area contributed by atoms with Gasteiger partial charge in [0.1, 0.15) is 0 Å². The third kappa shape index (κ3) is 4.16. The van der Waals surface area contributed by atoms with Crippen LogP contribution in [0.3, 0.4) is 0 Å². The number of halogens is 3. The summed E-state index contributed by atoms with van der Waals surface area (Å²) in [7, 11) is 0. The first-order chi connectivity index (χ1) is 15.7. The Hall–Kier alpha value is -3.45. The van der Waals surface area contributed by atoms with Crippen molar-refractivity contribution in [1.82, 2.24) is 0 Å². The molecule has 170 valence electrons. The molecule has 8 heteroatoms. The largest absolute Gasteiger partial charge is 0.503 e. The molecule has 1 N–H and O–H groups in total. The topological polar surface area (TPSA) is 60.9 Å². The monoisotopic (exact) mass is 470 g/mol. The van der Waals surface area contributed by atoms with Crippen molar-refractivity contribution in [2.75, 3.05) is 9.80 Å². The van der Waals surface area contributed by atoms with Crippen LogP contribution in [0.25, 0.3) is 0 Å². The highest BCUT2D eigenvalue weighted by atomic mass is 35.5. The number of benzene rings is 3. The minimum Gasteiger partial charge on any atom is -0.503 e. The first kappa shape index (κ1) is 22.7. The molecule has 3 aromatic carbocycles. The Balaban J connectivity index is 1.79. The molecule has 0 bridgehead atoms. The highest BCUT2D eigenvalue weighted by Gasteiger charge is 2.38. The molecule has 0 spiro atoms. The predicted octanol–water partition coefficient (Wildman–Crippen LogP) is 5.86. The van der Waals surface area contributed by atoms with Crippen molar-refractivity contribution in [3.8, 4) is 5.75 Å². The van der Waals surface area contributed by atoms with Crippen molar-refractivity contribution < 1.29 is 23.5 Å². The van der Waals surface area contributed by atoms with Gasteiger partial charge in [0.2, 0.25) is 5.91 Å². The van der Waals surface area contributed by atoms with Gasteiger partial charge in [0, 0.05) is 34.9 Å². The molecule has 0 saturated carbocycles. The Morgan fingerprint density at radius 3 is 2.27 bits per heavy atom. The SMILES string of the molecule is CC(=O)N(c1ccc(Cl)cc1)[C@@H]1C[C@H](C)N(C(=O)c2cc(F)c(O)c(F)c2)c2ccccc21. The van der Waals surface area contributed by atoms with Crippen LogP contribution in [0.5, 0.6) is 5.75 Å². The molecule has 3 aromatic rings. The molecule has 5 nitrogen and oxygen atoms in total. The van der Waals surface area contributed by atoms with Gasteiger partial charge in [-0.2, -0.15) is 0 Å². The van der Waals surface area contributed by atoms with Gasteiger partial charge in [-0.25, -0.2) is 8.78 Å². The van der Waals surface area contributed by atoms with Gasteiger partial charge in [-0.15, -0.1) is 0 Å². The second kappa shape index (κ2) is 8.83. The lowest BCUT2D eigenvalue weighted by atomic mass is 9.89. The number of anilines is 2. The molecule has 1 heterocycles. The molecular weight excluding hydrogens is 450 g/mol. The number of rotatable bonds is 3. The van der Waals surface area contributed by atoms with Crippen molar-refractivity contribution in [3.05, 3.63) is 88.4 Å². The van der Waals surface area contributed by atoms with Crippen molar-refractivity contribution in [3.63, 3.8) is 0 Å². The third-order valence-electron chi connectivity index (χ3n) is 5.80. The van der Waals surface area contributed by atoms with Gasteiger partial charge in [-0.1, -0.05) is 29.8 Å². The zero-order valence-corrected chi connectivity index (χ0v) is 18.7. The normalized spacial score (nSPS) is 17.4. The molecular formula is C25H21ClF2N2O3. The maximum Gasteiger partial charge on any atom is 0.258 e. The highest BCUT2D eigenvalue weighted by molar-refractivity contribution is 6.30. The van der Waals surface area contributed by atoms with Crippen LogP contribution in [-0.4, -0.2) is 23.0 Å². The zero-order chi connectivity index (χ0) is 23.9. The van der Waals surface area contributed by atoms with E-state index >= 15 is 0 Å². The van der Waals surface area contributed by atoms with E-state index in [0.29, 0.717) is 22.8 Å². The van der Waals surface area contributed by atoms with E-state index in [1.54, 1.807) is 41.3 Å². The highest BCUT2D eigenvalue weighted by Crippen LogP contribution is 2.43. The summed E-state index contributed by atoms with van der Waals surface area (Å²) in [6, 6.07) is 14.9. The van der Waals surface area contributed by atoms with E-state index in [9.17, 15) is 23.5 Å². The Morgan fingerprint density at radius 1 is 1.06 bits per heavy atom. The molecule has 0 saturated heterocycles. The number of hydrogen-bond donors (Lipinski definition) is 1. The average Bonchev–Trinajstić information content (AvgIpc) is 2.78. The van der Waals surface area contributed by atoms with E-state index in [-0.39, 0.29) is 17.5 Å². The van der Waals surface area contributed by atoms with Gasteiger partial charge < -0.3 is 14.9 Å². The Morgan fingerprint density at radius 2 is 1.67 bits per heavy atom. The molecule has 1 aliphatic rings. The van der Waals surface area contributed by atoms with Gasteiger partial charge in [0.05, 0.1) is 6.04 Å². The average molecular weight is 471 g/mol. The lowest BCUT2D eigenvalue weighted by Crippen LogP contribution is -2.47. The summed E-state index contributed by atoms with van der Waals surface area (Å²) in [5, 5.41) is 9.93. The molecule has 2 amide bonds. The molecule has 2 atom stereocenters. The third-order valence-corrected chi connectivity index (χ3v) is 6.05. The standard InChI is InChI=1S/C25H21ClF2N2O3/c1-14-11-23(30(15(2)31)18-9-7-17(26)8-10-18)19-5-3-4-6-22(19)29(14)25(33)16-12-20(27)24(32)21(28)13-16/h3-10,12-14,23,32H,11H2,1-2H3/t14-,23+/m0/s1. The first-order valence-electron chi connectivity index (χ1n) is 10.3. The summed E-state index contributed by atoms with van der Waals surface area (Å²) in [5.74, 6) is -4.32. The van der Waals surface area contributed by atoms with Crippen molar-refractivity contribution in [2.24, 2.45) is 0 Å². The fourth-order valence-electron chi connectivity index (χ4n) is 4.35. The smallest absolute Gasteiger partial charge is 0.258 e. The molecule has 33 heavy (non-hydrogen) atoms. The summed E-state index contributed by atoms with van der Waals surface area (Å²) >= 11 is 6.01. The van der Waals surface area contributed by atoms with Gasteiger partial charge in [0.15, 0.2) is 17.4 Å². The molecule has 0 unspecified atom stereocenters. The quantitative estimate of drug-likeness (QED) is 0.521. The molecule has 0 aliphatic carbocycles. The number of carbonyl (C=O) groups excluding carboxylic acids is 2. The summed E-state index contributed by atoms with van der Waals surface area (Å²) in [5.41, 5.74) is 1.72. The van der Waals surface area contributed by atoms with E-state index in [2.05, 4.69) is 0 Å². The van der Waals surface area contributed by atoms with Gasteiger partial charge in [-0.05, 0) is 61.4 Å². The predicted molar refractivity (Wildman–Crippen MR) is 123 cm³/mol. The summed E-state index contributed by atoms with van der Waals surface area (Å²) in [6.07, 6.45) is 0.397. The van der Waals surface area contributed by atoms with Gasteiger partial charge in [-0.3, -0.25) is 9.59 Å². The van der Waals surface area contributed by atoms with Crippen LogP contribution in [-0.2, 0) is 4.79 Å². The van der Waals surface area contributed by atoms with E-state index < -0.39 is 29.3 Å². The number of amides is 2. The minimum atomic E-state index is -1.21. The van der Waals surface area contributed by atoms with Crippen LogP contribution in [0.4, 0.5) is 20.2 Å². The summed E-state index contributed by atoms with van der Waals surface area (Å²) in [6.45, 7) is 3.29. The number of carbonyl (C=O) groups is 2. The van der Waals surface area contributed by atoms with Crippen LogP contribution >= 0.6 is 11.6 Å². The van der Waals surface area contributed by atoms with Crippen molar-refractivity contribution in [1.29, 1.82) is 0 Å². The minimum absolute atomic E-state index is 0.174. The number of hydrogen-bond acceptors (Lipinski definition) is 3. The Bertz CT molecular complexity index is 1210. The van der Waals surface area contributed by atoms with E-state index in [4.69, 9.17) is 11.6 Å². The second-order valence-electron chi connectivity index (χ2n) is 7.99. The van der Waals surface area contributed by atoms with Crippen LogP contribution in [0.1, 0.15) is 42.2 Å². The Labute approximate surface area is 194 Å². The fourth-order valence-corrected chi connectivity index (χ4v) is 4.47. The number of aromatic hydroxyl groups is 1.